The van der Waals surface area contributed by atoms with Crippen molar-refractivity contribution in [3.8, 4) is 23.3 Å². The number of nitriles is 1. The molecule has 2 aromatic carbocycles. The monoisotopic (exact) mass is 352 g/mol. The number of halogens is 1. The Balaban J connectivity index is 1.77. The molecule has 124 valence electrons. The Morgan fingerprint density at radius 1 is 1.12 bits per heavy atom. The van der Waals surface area contributed by atoms with E-state index >= 15 is 0 Å². The average Bonchev–Trinajstić information content (AvgIpc) is 3.06. The molecule has 2 aliphatic heterocycles. The summed E-state index contributed by atoms with van der Waals surface area (Å²) < 4.78 is 16.4. The maximum atomic E-state index is 9.51. The molecule has 1 atom stereocenters. The summed E-state index contributed by atoms with van der Waals surface area (Å²) >= 11 is 5.91. The maximum absolute atomic E-state index is 9.51. The number of ether oxygens (including phenoxy) is 3. The highest BCUT2D eigenvalue weighted by molar-refractivity contribution is 6.30. The van der Waals surface area contributed by atoms with Gasteiger partial charge in [0.15, 0.2) is 11.5 Å². The van der Waals surface area contributed by atoms with Crippen molar-refractivity contribution in [3.63, 3.8) is 0 Å². The minimum absolute atomic E-state index is 0.0969. The molecule has 4 rings (SSSR count). The van der Waals surface area contributed by atoms with Gasteiger partial charge in [0.1, 0.15) is 17.4 Å². The molecule has 0 saturated heterocycles. The lowest BCUT2D eigenvalue weighted by molar-refractivity contribution is 0.174. The average molecular weight is 353 g/mol. The first-order chi connectivity index (χ1) is 12.2. The van der Waals surface area contributed by atoms with E-state index in [1.807, 2.05) is 42.5 Å². The van der Waals surface area contributed by atoms with E-state index in [0.29, 0.717) is 27.8 Å². The number of nitrogens with two attached hydrogens (primary N) is 1. The molecule has 25 heavy (non-hydrogen) atoms. The number of hydrogen-bond donors (Lipinski definition) is 1. The summed E-state index contributed by atoms with van der Waals surface area (Å²) in [5, 5.41) is 10.2. The Kier molecular flexibility index (Phi) is 3.75. The zero-order valence-corrected chi connectivity index (χ0v) is 13.8. The third kappa shape index (κ3) is 2.77. The van der Waals surface area contributed by atoms with Crippen molar-refractivity contribution in [2.24, 2.45) is 5.73 Å². The molecule has 2 N–H and O–H groups in total. The Morgan fingerprint density at radius 2 is 1.84 bits per heavy atom. The molecule has 0 bridgehead atoms. The minimum Gasteiger partial charge on any atom is -0.454 e. The highest BCUT2D eigenvalue weighted by atomic mass is 35.5. The summed E-state index contributed by atoms with van der Waals surface area (Å²) in [5.74, 6) is 1.56. The van der Waals surface area contributed by atoms with Crippen molar-refractivity contribution < 1.29 is 14.2 Å². The number of nitrogens with zero attached hydrogens (tertiary/aromatic N) is 1. The summed E-state index contributed by atoms with van der Waals surface area (Å²) in [6.45, 7) is 0.164. The van der Waals surface area contributed by atoms with E-state index in [9.17, 15) is 5.26 Å². The van der Waals surface area contributed by atoms with Crippen LogP contribution >= 0.6 is 11.6 Å². The maximum Gasteiger partial charge on any atom is 0.231 e. The fourth-order valence-corrected chi connectivity index (χ4v) is 2.98. The van der Waals surface area contributed by atoms with Crippen LogP contribution in [0.1, 0.15) is 17.0 Å². The number of rotatable bonds is 2. The zero-order valence-electron chi connectivity index (χ0n) is 13.0. The van der Waals surface area contributed by atoms with E-state index in [-0.39, 0.29) is 18.6 Å². The fraction of sp³-hybridized carbons (Fsp3) is 0.105. The first kappa shape index (κ1) is 15.4. The number of hydrogen-bond acceptors (Lipinski definition) is 5. The Morgan fingerprint density at radius 3 is 2.56 bits per heavy atom. The molecule has 2 aliphatic rings. The van der Waals surface area contributed by atoms with Gasteiger partial charge in [0.05, 0.1) is 0 Å². The normalized spacial score (nSPS) is 18.0. The molecular formula is C19H13ClN2O3. The zero-order chi connectivity index (χ0) is 17.4. The molecule has 0 amide bonds. The second-order valence-corrected chi connectivity index (χ2v) is 6.06. The molecule has 0 unspecified atom stereocenters. The van der Waals surface area contributed by atoms with Crippen LogP contribution in [0.25, 0.3) is 6.08 Å². The van der Waals surface area contributed by atoms with Gasteiger partial charge in [0.25, 0.3) is 0 Å². The van der Waals surface area contributed by atoms with Gasteiger partial charge >= 0.3 is 0 Å². The molecule has 2 aromatic rings. The second kappa shape index (κ2) is 6.08. The van der Waals surface area contributed by atoms with Crippen LogP contribution in [0.2, 0.25) is 5.02 Å². The number of allylic oxidation sites excluding steroid dienone is 2. The summed E-state index contributed by atoms with van der Waals surface area (Å²) in [6.07, 6.45) is 3.84. The van der Waals surface area contributed by atoms with Crippen molar-refractivity contribution in [1.82, 2.24) is 0 Å². The molecule has 0 fully saturated rings. The highest BCUT2D eigenvalue weighted by Crippen LogP contribution is 2.46. The summed E-state index contributed by atoms with van der Waals surface area (Å²) in [6, 6.07) is 13.1. The molecule has 2 heterocycles. The SMILES string of the molecule is N#CC1=C(N)Oc2cc3c(cc2[C@@H]1/C=C/c1ccc(Cl)cc1)OCO3. The lowest BCUT2D eigenvalue weighted by Gasteiger charge is -2.24. The molecule has 0 aromatic heterocycles. The highest BCUT2D eigenvalue weighted by Gasteiger charge is 2.30. The van der Waals surface area contributed by atoms with Gasteiger partial charge in [-0.25, -0.2) is 0 Å². The summed E-state index contributed by atoms with van der Waals surface area (Å²) in [4.78, 5) is 0. The number of fused-ring (bicyclic) bond motifs is 2. The van der Waals surface area contributed by atoms with Crippen LogP contribution in [0.15, 0.2) is 53.9 Å². The smallest absolute Gasteiger partial charge is 0.231 e. The van der Waals surface area contributed by atoms with E-state index < -0.39 is 0 Å². The lowest BCUT2D eigenvalue weighted by atomic mass is 9.88. The largest absolute Gasteiger partial charge is 0.454 e. The van der Waals surface area contributed by atoms with Crippen molar-refractivity contribution in [2.45, 2.75) is 5.92 Å². The van der Waals surface area contributed by atoms with Crippen molar-refractivity contribution in [1.29, 1.82) is 5.26 Å². The van der Waals surface area contributed by atoms with Crippen molar-refractivity contribution >= 4 is 17.7 Å². The molecule has 0 saturated carbocycles. The van der Waals surface area contributed by atoms with Crippen molar-refractivity contribution in [3.05, 3.63) is 70.1 Å². The van der Waals surface area contributed by atoms with E-state index in [1.54, 1.807) is 6.07 Å². The van der Waals surface area contributed by atoms with Gasteiger partial charge in [-0.15, -0.1) is 0 Å². The quantitative estimate of drug-likeness (QED) is 0.885. The Bertz CT molecular complexity index is 942. The van der Waals surface area contributed by atoms with E-state index in [2.05, 4.69) is 6.07 Å². The van der Waals surface area contributed by atoms with Crippen LogP contribution in [-0.2, 0) is 0 Å². The minimum atomic E-state index is -0.334. The number of benzene rings is 2. The third-order valence-corrected chi connectivity index (χ3v) is 4.36. The van der Waals surface area contributed by atoms with Gasteiger partial charge in [-0.05, 0) is 23.8 Å². The fourth-order valence-electron chi connectivity index (χ4n) is 2.86. The molecule has 0 radical (unpaired) electrons. The van der Waals surface area contributed by atoms with Gasteiger partial charge in [0.2, 0.25) is 12.7 Å². The lowest BCUT2D eigenvalue weighted by Crippen LogP contribution is -2.19. The second-order valence-electron chi connectivity index (χ2n) is 5.62. The molecule has 6 heteroatoms. The van der Waals surface area contributed by atoms with Gasteiger partial charge in [0, 0.05) is 22.6 Å². The van der Waals surface area contributed by atoms with Crippen LogP contribution < -0.4 is 19.9 Å². The molecule has 5 nitrogen and oxygen atoms in total. The van der Waals surface area contributed by atoms with E-state index in [0.717, 1.165) is 11.1 Å². The van der Waals surface area contributed by atoms with Crippen LogP contribution in [0.3, 0.4) is 0 Å². The van der Waals surface area contributed by atoms with Crippen molar-refractivity contribution in [2.75, 3.05) is 6.79 Å². The Labute approximate surface area is 149 Å². The third-order valence-electron chi connectivity index (χ3n) is 4.11. The standard InChI is InChI=1S/C19H13ClN2O3/c20-12-4-1-11(2-5-12)3-6-13-14-7-17-18(24-10-23-17)8-16(14)25-19(22)15(13)9-21/h1-8,13H,10,22H2/b6-3+/t13-/m0/s1. The predicted octanol–water partition coefficient (Wildman–Crippen LogP) is 3.95. The first-order valence-corrected chi connectivity index (χ1v) is 7.98. The topological polar surface area (TPSA) is 77.5 Å². The summed E-state index contributed by atoms with van der Waals surface area (Å²) in [5.41, 5.74) is 8.07. The van der Waals surface area contributed by atoms with Crippen LogP contribution in [0.4, 0.5) is 0 Å². The summed E-state index contributed by atoms with van der Waals surface area (Å²) in [7, 11) is 0. The van der Waals surface area contributed by atoms with Crippen LogP contribution in [0.5, 0.6) is 17.2 Å². The van der Waals surface area contributed by atoms with E-state index in [1.165, 1.54) is 0 Å². The Hall–Kier alpha value is -3.10. The predicted molar refractivity (Wildman–Crippen MR) is 93.2 cm³/mol. The molecular weight excluding hydrogens is 340 g/mol. The van der Waals surface area contributed by atoms with Gasteiger partial charge < -0.3 is 19.9 Å². The van der Waals surface area contributed by atoms with Gasteiger partial charge in [-0.3, -0.25) is 0 Å². The molecule has 0 aliphatic carbocycles. The first-order valence-electron chi connectivity index (χ1n) is 7.60. The van der Waals surface area contributed by atoms with Crippen LogP contribution in [-0.4, -0.2) is 6.79 Å². The van der Waals surface area contributed by atoms with Gasteiger partial charge in [-0.1, -0.05) is 35.9 Å². The van der Waals surface area contributed by atoms with Crippen LogP contribution in [0, 0.1) is 11.3 Å². The van der Waals surface area contributed by atoms with Gasteiger partial charge in [-0.2, -0.15) is 5.26 Å². The molecule has 0 spiro atoms. The van der Waals surface area contributed by atoms with E-state index in [4.69, 9.17) is 31.5 Å².